The van der Waals surface area contributed by atoms with Gasteiger partial charge < -0.3 is 5.11 Å². The van der Waals surface area contributed by atoms with Gasteiger partial charge in [0.15, 0.2) is 0 Å². The number of ketones is 1. The molecule has 0 saturated heterocycles. The van der Waals surface area contributed by atoms with E-state index in [1.807, 2.05) is 0 Å². The van der Waals surface area contributed by atoms with Gasteiger partial charge >= 0.3 is 0 Å². The summed E-state index contributed by atoms with van der Waals surface area (Å²) in [6, 6.07) is 11.9. The van der Waals surface area contributed by atoms with Gasteiger partial charge in [0.05, 0.1) is 9.79 Å². The average Bonchev–Trinajstić information content (AvgIpc) is 3.04. The predicted octanol–water partition coefficient (Wildman–Crippen LogP) is 3.93. The number of hydrogen-bond donors (Lipinski definition) is 1. The molecule has 0 saturated carbocycles. The fourth-order valence-electron chi connectivity index (χ4n) is 3.24. The molecule has 2 heterocycles. The molecule has 9 heteroatoms. The zero-order valence-electron chi connectivity index (χ0n) is 15.1. The molecule has 30 heavy (non-hydrogen) atoms. The maximum atomic E-state index is 12.6. The Kier molecular flexibility index (Phi) is 4.80. The highest BCUT2D eigenvalue weighted by Gasteiger charge is 2.38. The van der Waals surface area contributed by atoms with Crippen molar-refractivity contribution in [1.82, 2.24) is 0 Å². The molecule has 152 valence electrons. The van der Waals surface area contributed by atoms with Crippen molar-refractivity contribution in [2.75, 3.05) is 0 Å². The van der Waals surface area contributed by atoms with Crippen molar-refractivity contribution >= 4 is 42.8 Å². The molecule has 0 spiro atoms. The van der Waals surface area contributed by atoms with Crippen LogP contribution in [0.15, 0.2) is 97.5 Å². The summed E-state index contributed by atoms with van der Waals surface area (Å²) in [6.07, 6.45) is 4.59. The first-order valence-corrected chi connectivity index (χ1v) is 11.9. The van der Waals surface area contributed by atoms with Crippen LogP contribution in [0.4, 0.5) is 0 Å². The summed E-state index contributed by atoms with van der Waals surface area (Å²) in [7, 11) is -7.84. The van der Waals surface area contributed by atoms with Crippen LogP contribution in [0.25, 0.3) is 5.76 Å². The lowest BCUT2D eigenvalue weighted by molar-refractivity contribution is 0.104. The number of Topliss-reactive ketones (excluding diaryl/α,β-unsaturated/α-hetero) is 1. The van der Waals surface area contributed by atoms with Crippen molar-refractivity contribution in [3.8, 4) is 0 Å². The Morgan fingerprint density at radius 2 is 1.43 bits per heavy atom. The number of sulfone groups is 2. The van der Waals surface area contributed by atoms with E-state index in [9.17, 15) is 26.7 Å². The van der Waals surface area contributed by atoms with Crippen LogP contribution < -0.4 is 0 Å². The highest BCUT2D eigenvalue weighted by Crippen LogP contribution is 2.38. The third kappa shape index (κ3) is 3.04. The van der Waals surface area contributed by atoms with Crippen LogP contribution in [0.3, 0.4) is 0 Å². The third-order valence-corrected chi connectivity index (χ3v) is 8.61. The molecule has 0 aromatic heterocycles. The molecule has 2 aromatic rings. The number of carbonyl (C=O) groups is 1. The van der Waals surface area contributed by atoms with Gasteiger partial charge in [-0.1, -0.05) is 35.9 Å². The van der Waals surface area contributed by atoms with E-state index in [-0.39, 0.29) is 30.9 Å². The zero-order chi connectivity index (χ0) is 21.7. The Bertz CT molecular complexity index is 1440. The molecule has 0 bridgehead atoms. The smallest absolute Gasteiger partial charge is 0.211 e. The van der Waals surface area contributed by atoms with Crippen molar-refractivity contribution in [3.63, 3.8) is 0 Å². The van der Waals surface area contributed by atoms with Gasteiger partial charge in [-0.05, 0) is 48.6 Å². The van der Waals surface area contributed by atoms with Crippen molar-refractivity contribution < 1.29 is 26.7 Å². The lowest BCUT2D eigenvalue weighted by Gasteiger charge is -1.98. The van der Waals surface area contributed by atoms with Gasteiger partial charge in [0.1, 0.15) is 15.6 Å². The molecule has 0 fully saturated rings. The topological polar surface area (TPSA) is 106 Å². The van der Waals surface area contributed by atoms with Crippen LogP contribution in [-0.2, 0) is 19.7 Å². The average molecular weight is 461 g/mol. The van der Waals surface area contributed by atoms with E-state index in [1.165, 1.54) is 42.5 Å². The van der Waals surface area contributed by atoms with E-state index >= 15 is 0 Å². The minimum absolute atomic E-state index is 0.00946. The van der Waals surface area contributed by atoms with Gasteiger partial charge in [0.2, 0.25) is 25.5 Å². The molecule has 2 aromatic carbocycles. The molecular formula is C21H13ClO6S2. The molecule has 6 nitrogen and oxygen atoms in total. The van der Waals surface area contributed by atoms with Crippen LogP contribution in [-0.4, -0.2) is 27.7 Å². The molecule has 2 aliphatic rings. The number of halogens is 1. The van der Waals surface area contributed by atoms with Gasteiger partial charge in [0.25, 0.3) is 0 Å². The molecule has 2 aliphatic heterocycles. The van der Waals surface area contributed by atoms with Crippen molar-refractivity contribution in [2.24, 2.45) is 0 Å². The van der Waals surface area contributed by atoms with E-state index in [4.69, 9.17) is 11.6 Å². The number of fused-ring (bicyclic) bond motifs is 2. The quantitative estimate of drug-likeness (QED) is 0.549. The number of aliphatic hydroxyl groups excluding tert-OH is 1. The summed E-state index contributed by atoms with van der Waals surface area (Å²) < 4.78 is 50.2. The molecular weight excluding hydrogens is 448 g/mol. The second kappa shape index (κ2) is 7.09. The third-order valence-electron chi connectivity index (χ3n) is 4.68. The number of aliphatic hydroxyl groups is 1. The largest absolute Gasteiger partial charge is 0.506 e. The van der Waals surface area contributed by atoms with Crippen LogP contribution in [0.2, 0.25) is 0 Å². The highest BCUT2D eigenvalue weighted by atomic mass is 35.5. The lowest BCUT2D eigenvalue weighted by Crippen LogP contribution is -2.01. The monoisotopic (exact) mass is 460 g/mol. The molecule has 1 N–H and O–H groups in total. The minimum Gasteiger partial charge on any atom is -0.506 e. The molecule has 0 radical (unpaired) electrons. The number of benzene rings is 2. The Labute approximate surface area is 178 Å². The first-order valence-electron chi connectivity index (χ1n) is 8.58. The van der Waals surface area contributed by atoms with Gasteiger partial charge in [-0.15, -0.1) is 0 Å². The van der Waals surface area contributed by atoms with E-state index in [0.29, 0.717) is 0 Å². The van der Waals surface area contributed by atoms with Crippen LogP contribution in [0.5, 0.6) is 0 Å². The number of hydrogen-bond acceptors (Lipinski definition) is 6. The summed E-state index contributed by atoms with van der Waals surface area (Å²) in [5.41, 5.74) is 0.286. The van der Waals surface area contributed by atoms with E-state index < -0.39 is 36.1 Å². The highest BCUT2D eigenvalue weighted by molar-refractivity contribution is 7.97. The van der Waals surface area contributed by atoms with Gasteiger partial charge in [-0.2, -0.15) is 0 Å². The van der Waals surface area contributed by atoms with Crippen LogP contribution in [0.1, 0.15) is 15.9 Å². The van der Waals surface area contributed by atoms with Crippen molar-refractivity contribution in [3.05, 3.63) is 98.8 Å². The van der Waals surface area contributed by atoms with Gasteiger partial charge in [-0.3, -0.25) is 4.79 Å². The van der Waals surface area contributed by atoms with Gasteiger partial charge in [0, 0.05) is 16.2 Å². The van der Waals surface area contributed by atoms with E-state index in [1.54, 1.807) is 18.2 Å². The van der Waals surface area contributed by atoms with Crippen molar-refractivity contribution in [2.45, 2.75) is 9.79 Å². The van der Waals surface area contributed by atoms with E-state index in [0.717, 1.165) is 12.2 Å². The molecule has 0 atom stereocenters. The Morgan fingerprint density at radius 3 is 2.03 bits per heavy atom. The standard InChI is InChI=1S/C21H13ClO6S2/c22-13(9-11-18-20(23)14-5-1-3-7-16(14)29(18,25)26)10-12-19-21(24)15-6-2-4-8-17(15)30(19,27)28/h1-12,23H. The van der Waals surface area contributed by atoms with E-state index in [2.05, 4.69) is 0 Å². The summed E-state index contributed by atoms with van der Waals surface area (Å²) in [6.45, 7) is 0. The molecule has 0 amide bonds. The fourth-order valence-corrected chi connectivity index (χ4v) is 6.47. The minimum atomic E-state index is -3.95. The number of carbonyl (C=O) groups excluding carboxylic acids is 1. The first kappa shape index (κ1) is 20.3. The second-order valence-corrected chi connectivity index (χ2v) is 10.7. The molecule has 4 rings (SSSR count). The number of allylic oxidation sites excluding steroid dienone is 6. The first-order chi connectivity index (χ1) is 14.2. The fraction of sp³-hybridized carbons (Fsp3) is 0. The molecule has 0 aliphatic carbocycles. The summed E-state index contributed by atoms with van der Waals surface area (Å²) in [5.74, 6) is -1.03. The summed E-state index contributed by atoms with van der Waals surface area (Å²) in [5, 5.41) is 10.2. The zero-order valence-corrected chi connectivity index (χ0v) is 17.5. The SMILES string of the molecule is O=C1C(=CC=C(Cl)C=CC2=C(O)c3ccccc3S2(=O)=O)S(=O)(=O)c2ccccc21. The number of rotatable bonds is 3. The normalized spacial score (nSPS) is 20.8. The predicted molar refractivity (Wildman–Crippen MR) is 112 cm³/mol. The Balaban J connectivity index is 1.66. The maximum Gasteiger partial charge on any atom is 0.211 e. The Morgan fingerprint density at radius 1 is 0.867 bits per heavy atom. The van der Waals surface area contributed by atoms with Gasteiger partial charge in [-0.25, -0.2) is 16.8 Å². The molecule has 0 unspecified atom stereocenters. The van der Waals surface area contributed by atoms with Crippen LogP contribution >= 0.6 is 11.6 Å². The summed E-state index contributed by atoms with van der Waals surface area (Å²) in [4.78, 5) is 11.6. The Hall–Kier alpha value is -2.94. The lowest BCUT2D eigenvalue weighted by atomic mass is 10.1. The summed E-state index contributed by atoms with van der Waals surface area (Å²) >= 11 is 6.07. The van der Waals surface area contributed by atoms with Crippen molar-refractivity contribution in [1.29, 1.82) is 0 Å². The maximum absolute atomic E-state index is 12.6. The second-order valence-electron chi connectivity index (χ2n) is 6.46. The van der Waals surface area contributed by atoms with Crippen LogP contribution in [0, 0.1) is 0 Å².